The second kappa shape index (κ2) is 6.00. The van der Waals surface area contributed by atoms with Crippen molar-refractivity contribution in [1.29, 1.82) is 0 Å². The van der Waals surface area contributed by atoms with Crippen molar-refractivity contribution in [3.8, 4) is 0 Å². The number of hydrogen-bond acceptors (Lipinski definition) is 2. The number of carbonyl (C=O) groups is 1. The maximum Gasteiger partial charge on any atom is 0.338 e. The molecule has 3 heteroatoms. The molecule has 0 radical (unpaired) electrons. The first kappa shape index (κ1) is 13.1. The van der Waals surface area contributed by atoms with E-state index in [9.17, 15) is 4.79 Å². The SMILES string of the molecule is Cc1cc(I)ccc1C(=O)OCc1ccccc1. The maximum absolute atomic E-state index is 11.9. The Kier molecular flexibility index (Phi) is 4.36. The Hall–Kier alpha value is -1.36. The van der Waals surface area contributed by atoms with E-state index in [1.807, 2.05) is 55.5 Å². The van der Waals surface area contributed by atoms with Gasteiger partial charge in [-0.25, -0.2) is 4.79 Å². The Morgan fingerprint density at radius 1 is 1.17 bits per heavy atom. The van der Waals surface area contributed by atoms with E-state index in [0.29, 0.717) is 12.2 Å². The molecule has 0 aliphatic heterocycles. The van der Waals surface area contributed by atoms with Crippen LogP contribution in [0.2, 0.25) is 0 Å². The van der Waals surface area contributed by atoms with Crippen LogP contribution < -0.4 is 0 Å². The molecule has 0 aromatic heterocycles. The Bertz CT molecular complexity index is 550. The predicted octanol–water partition coefficient (Wildman–Crippen LogP) is 3.96. The zero-order valence-corrected chi connectivity index (χ0v) is 12.2. The minimum atomic E-state index is -0.271. The van der Waals surface area contributed by atoms with Crippen LogP contribution in [0.4, 0.5) is 0 Å². The Balaban J connectivity index is 2.04. The van der Waals surface area contributed by atoms with Crippen LogP contribution in [0, 0.1) is 10.5 Å². The van der Waals surface area contributed by atoms with Gasteiger partial charge in [0.05, 0.1) is 5.56 Å². The number of esters is 1. The van der Waals surface area contributed by atoms with Crippen molar-refractivity contribution in [2.45, 2.75) is 13.5 Å². The van der Waals surface area contributed by atoms with E-state index in [1.54, 1.807) is 0 Å². The quantitative estimate of drug-likeness (QED) is 0.618. The highest BCUT2D eigenvalue weighted by Crippen LogP contribution is 2.14. The van der Waals surface area contributed by atoms with Gasteiger partial charge in [0.15, 0.2) is 0 Å². The standard InChI is InChI=1S/C15H13IO2/c1-11-9-13(16)7-8-14(11)15(17)18-10-12-5-3-2-4-6-12/h2-9H,10H2,1H3. The van der Waals surface area contributed by atoms with Crippen LogP contribution >= 0.6 is 22.6 Å². The minimum Gasteiger partial charge on any atom is -0.457 e. The Morgan fingerprint density at radius 2 is 1.89 bits per heavy atom. The van der Waals surface area contributed by atoms with Gasteiger partial charge in [0.2, 0.25) is 0 Å². The zero-order valence-electron chi connectivity index (χ0n) is 10.0. The van der Waals surface area contributed by atoms with E-state index < -0.39 is 0 Å². The van der Waals surface area contributed by atoms with E-state index in [2.05, 4.69) is 22.6 Å². The molecule has 0 spiro atoms. The molecule has 0 unspecified atom stereocenters. The van der Waals surface area contributed by atoms with Crippen molar-refractivity contribution < 1.29 is 9.53 Å². The first-order chi connectivity index (χ1) is 8.66. The van der Waals surface area contributed by atoms with Crippen molar-refractivity contribution in [2.24, 2.45) is 0 Å². The molecular weight excluding hydrogens is 339 g/mol. The predicted molar refractivity (Wildman–Crippen MR) is 79.5 cm³/mol. The fourth-order valence-corrected chi connectivity index (χ4v) is 2.30. The number of ether oxygens (including phenoxy) is 1. The van der Waals surface area contributed by atoms with Gasteiger partial charge in [-0.15, -0.1) is 0 Å². The van der Waals surface area contributed by atoms with Crippen molar-refractivity contribution in [1.82, 2.24) is 0 Å². The molecule has 0 heterocycles. The minimum absolute atomic E-state index is 0.271. The molecular formula is C15H13IO2. The smallest absolute Gasteiger partial charge is 0.338 e. The summed E-state index contributed by atoms with van der Waals surface area (Å²) in [5, 5.41) is 0. The molecule has 0 saturated carbocycles. The largest absolute Gasteiger partial charge is 0.457 e. The van der Waals surface area contributed by atoms with Crippen molar-refractivity contribution >= 4 is 28.6 Å². The van der Waals surface area contributed by atoms with Crippen molar-refractivity contribution in [3.05, 3.63) is 68.8 Å². The molecule has 2 aromatic rings. The highest BCUT2D eigenvalue weighted by molar-refractivity contribution is 14.1. The van der Waals surface area contributed by atoms with Crippen LogP contribution in [-0.4, -0.2) is 5.97 Å². The monoisotopic (exact) mass is 352 g/mol. The second-order valence-corrected chi connectivity index (χ2v) is 5.27. The van der Waals surface area contributed by atoms with Gasteiger partial charge in [-0.05, 0) is 58.8 Å². The summed E-state index contributed by atoms with van der Waals surface area (Å²) in [7, 11) is 0. The number of carbonyl (C=O) groups excluding carboxylic acids is 1. The fraction of sp³-hybridized carbons (Fsp3) is 0.133. The third-order valence-electron chi connectivity index (χ3n) is 2.62. The summed E-state index contributed by atoms with van der Waals surface area (Å²) in [6.07, 6.45) is 0. The molecule has 0 aliphatic rings. The first-order valence-electron chi connectivity index (χ1n) is 5.64. The summed E-state index contributed by atoms with van der Waals surface area (Å²) in [5.41, 5.74) is 2.57. The van der Waals surface area contributed by atoms with Gasteiger partial charge in [0, 0.05) is 3.57 Å². The Labute approximate surface area is 120 Å². The molecule has 2 aromatic carbocycles. The van der Waals surface area contributed by atoms with Gasteiger partial charge in [-0.3, -0.25) is 0 Å². The van der Waals surface area contributed by atoms with Gasteiger partial charge in [-0.2, -0.15) is 0 Å². The topological polar surface area (TPSA) is 26.3 Å². The molecule has 18 heavy (non-hydrogen) atoms. The molecule has 0 aliphatic carbocycles. The highest BCUT2D eigenvalue weighted by Gasteiger charge is 2.10. The lowest BCUT2D eigenvalue weighted by molar-refractivity contribution is 0.0472. The number of benzene rings is 2. The molecule has 0 N–H and O–H groups in total. The highest BCUT2D eigenvalue weighted by atomic mass is 127. The average Bonchev–Trinajstić information content (AvgIpc) is 2.37. The normalized spacial score (nSPS) is 10.1. The van der Waals surface area contributed by atoms with Crippen LogP contribution in [0.15, 0.2) is 48.5 Å². The van der Waals surface area contributed by atoms with Gasteiger partial charge >= 0.3 is 5.97 Å². The van der Waals surface area contributed by atoms with Crippen LogP contribution in [0.3, 0.4) is 0 Å². The van der Waals surface area contributed by atoms with Gasteiger partial charge in [0.1, 0.15) is 6.61 Å². The average molecular weight is 352 g/mol. The molecule has 2 nitrogen and oxygen atoms in total. The van der Waals surface area contributed by atoms with E-state index >= 15 is 0 Å². The molecule has 0 saturated heterocycles. The molecule has 0 bridgehead atoms. The third kappa shape index (κ3) is 3.32. The number of rotatable bonds is 3. The summed E-state index contributed by atoms with van der Waals surface area (Å²) in [5.74, 6) is -0.271. The molecule has 2 rings (SSSR count). The van der Waals surface area contributed by atoms with Crippen LogP contribution in [0.1, 0.15) is 21.5 Å². The van der Waals surface area contributed by atoms with E-state index in [4.69, 9.17) is 4.74 Å². The molecule has 0 amide bonds. The maximum atomic E-state index is 11.9. The first-order valence-corrected chi connectivity index (χ1v) is 6.72. The number of aryl methyl sites for hydroxylation is 1. The Morgan fingerprint density at radius 3 is 2.56 bits per heavy atom. The lowest BCUT2D eigenvalue weighted by Gasteiger charge is -2.07. The van der Waals surface area contributed by atoms with E-state index in [-0.39, 0.29) is 5.97 Å². The fourth-order valence-electron chi connectivity index (χ4n) is 1.66. The second-order valence-electron chi connectivity index (χ2n) is 4.02. The van der Waals surface area contributed by atoms with Crippen molar-refractivity contribution in [3.63, 3.8) is 0 Å². The summed E-state index contributed by atoms with van der Waals surface area (Å²) >= 11 is 2.22. The summed E-state index contributed by atoms with van der Waals surface area (Å²) in [6.45, 7) is 2.23. The van der Waals surface area contributed by atoms with Crippen LogP contribution in [-0.2, 0) is 11.3 Å². The van der Waals surface area contributed by atoms with Gasteiger partial charge in [-0.1, -0.05) is 30.3 Å². The third-order valence-corrected chi connectivity index (χ3v) is 3.29. The van der Waals surface area contributed by atoms with Crippen molar-refractivity contribution in [2.75, 3.05) is 0 Å². The number of halogens is 1. The molecule has 0 atom stereocenters. The summed E-state index contributed by atoms with van der Waals surface area (Å²) in [4.78, 5) is 11.9. The summed E-state index contributed by atoms with van der Waals surface area (Å²) < 4.78 is 6.41. The van der Waals surface area contributed by atoms with Crippen LogP contribution in [0.5, 0.6) is 0 Å². The lowest BCUT2D eigenvalue weighted by Crippen LogP contribution is -2.07. The number of hydrogen-bond donors (Lipinski definition) is 0. The zero-order chi connectivity index (χ0) is 13.0. The lowest BCUT2D eigenvalue weighted by atomic mass is 10.1. The van der Waals surface area contributed by atoms with E-state index in [0.717, 1.165) is 14.7 Å². The van der Waals surface area contributed by atoms with E-state index in [1.165, 1.54) is 0 Å². The molecule has 0 fully saturated rings. The summed E-state index contributed by atoms with van der Waals surface area (Å²) in [6, 6.07) is 15.4. The van der Waals surface area contributed by atoms with Crippen LogP contribution in [0.25, 0.3) is 0 Å². The van der Waals surface area contributed by atoms with Gasteiger partial charge < -0.3 is 4.74 Å². The molecule has 92 valence electrons. The van der Waals surface area contributed by atoms with Gasteiger partial charge in [0.25, 0.3) is 0 Å².